The van der Waals surface area contributed by atoms with Gasteiger partial charge < -0.3 is 15.9 Å². The number of urea groups is 1. The maximum absolute atomic E-state index is 12.7. The Balaban J connectivity index is 1.56. The number of rotatable bonds is 5. The first-order valence-electron chi connectivity index (χ1n) is 9.57. The monoisotopic (exact) mass is 438 g/mol. The van der Waals surface area contributed by atoms with Crippen LogP contribution in [-0.4, -0.2) is 28.0 Å². The number of aromatic nitrogens is 2. The topological polar surface area (TPSA) is 131 Å². The van der Waals surface area contributed by atoms with E-state index in [0.29, 0.717) is 0 Å². The Morgan fingerprint density at radius 2 is 1.90 bits per heavy atom. The Morgan fingerprint density at radius 3 is 2.58 bits per heavy atom. The molecule has 1 fully saturated rings. The lowest BCUT2D eigenvalue weighted by Crippen LogP contribution is -2.39. The summed E-state index contributed by atoms with van der Waals surface area (Å²) in [5.74, 6) is -1.37. The smallest absolute Gasteiger partial charge is 0.383 e. The van der Waals surface area contributed by atoms with Crippen LogP contribution in [-0.2, 0) is 11.0 Å². The van der Waals surface area contributed by atoms with E-state index in [0.717, 1.165) is 56.5 Å². The van der Waals surface area contributed by atoms with Crippen LogP contribution in [0.25, 0.3) is 0 Å². The van der Waals surface area contributed by atoms with Crippen LogP contribution in [0.3, 0.4) is 0 Å². The van der Waals surface area contributed by atoms with E-state index in [4.69, 9.17) is 10.6 Å². The summed E-state index contributed by atoms with van der Waals surface area (Å²) in [4.78, 5) is 36.7. The number of alkyl halides is 3. The van der Waals surface area contributed by atoms with Crippen molar-refractivity contribution in [3.8, 4) is 0 Å². The molecule has 0 unspecified atom stereocenters. The summed E-state index contributed by atoms with van der Waals surface area (Å²) in [5.41, 5.74) is 6.66. The van der Waals surface area contributed by atoms with Crippen LogP contribution >= 0.6 is 0 Å². The SMILES string of the molecule is Nc1nc(NC(=O)NC2CCCCC2)ncc1C(=O)ONc1cccc(C(F)(F)F)c1. The fourth-order valence-electron chi connectivity index (χ4n) is 3.10. The third kappa shape index (κ3) is 6.20. The normalized spacial score (nSPS) is 14.5. The molecule has 9 nitrogen and oxygen atoms in total. The molecule has 12 heteroatoms. The largest absolute Gasteiger partial charge is 0.416 e. The number of halogens is 3. The van der Waals surface area contributed by atoms with Crippen LogP contribution in [0.2, 0.25) is 0 Å². The summed E-state index contributed by atoms with van der Waals surface area (Å²) in [6, 6.07) is 3.73. The first-order valence-corrected chi connectivity index (χ1v) is 9.57. The Kier molecular flexibility index (Phi) is 6.78. The first-order chi connectivity index (χ1) is 14.7. The van der Waals surface area contributed by atoms with E-state index in [1.165, 1.54) is 6.07 Å². The highest BCUT2D eigenvalue weighted by molar-refractivity contribution is 5.95. The van der Waals surface area contributed by atoms with Gasteiger partial charge in [0.25, 0.3) is 0 Å². The highest BCUT2D eigenvalue weighted by Gasteiger charge is 2.30. The number of amides is 2. The number of carbonyl (C=O) groups excluding carboxylic acids is 2. The van der Waals surface area contributed by atoms with Gasteiger partial charge in [0.05, 0.1) is 11.3 Å². The van der Waals surface area contributed by atoms with Crippen molar-refractivity contribution in [2.24, 2.45) is 0 Å². The third-order valence-corrected chi connectivity index (χ3v) is 4.66. The Hall–Kier alpha value is -3.57. The quantitative estimate of drug-likeness (QED) is 0.523. The fourth-order valence-corrected chi connectivity index (χ4v) is 3.10. The fraction of sp³-hybridized carbons (Fsp3) is 0.368. The van der Waals surface area contributed by atoms with E-state index in [9.17, 15) is 22.8 Å². The first kappa shape index (κ1) is 22.1. The standard InChI is InChI=1S/C19H21F3N6O3/c20-19(21,22)11-5-4-8-13(9-11)28-31-16(29)14-10-24-17(26-15(14)23)27-18(30)25-12-6-2-1-3-7-12/h4-5,8-10,12,28H,1-3,6-7H2,(H4,23,24,25,26,27,30). The zero-order valence-electron chi connectivity index (χ0n) is 16.3. The van der Waals surface area contributed by atoms with Crippen molar-refractivity contribution < 1.29 is 27.6 Å². The number of nitrogen functional groups attached to an aromatic ring is 1. The van der Waals surface area contributed by atoms with Crippen molar-refractivity contribution >= 4 is 29.5 Å². The molecule has 0 bridgehead atoms. The minimum Gasteiger partial charge on any atom is -0.383 e. The molecule has 3 rings (SSSR count). The van der Waals surface area contributed by atoms with E-state index in [2.05, 4.69) is 26.1 Å². The number of benzene rings is 1. The Labute approximate surface area is 175 Å². The van der Waals surface area contributed by atoms with Crippen LogP contribution in [0.5, 0.6) is 0 Å². The van der Waals surface area contributed by atoms with Crippen molar-refractivity contribution in [3.05, 3.63) is 41.6 Å². The number of nitrogens with one attached hydrogen (secondary N) is 3. The van der Waals surface area contributed by atoms with Gasteiger partial charge in [-0.05, 0) is 31.0 Å². The molecular weight excluding hydrogens is 417 g/mol. The van der Waals surface area contributed by atoms with E-state index < -0.39 is 23.7 Å². The molecule has 1 saturated carbocycles. The summed E-state index contributed by atoms with van der Waals surface area (Å²) in [6.07, 6.45) is 1.58. The number of anilines is 3. The van der Waals surface area contributed by atoms with Gasteiger partial charge in [0, 0.05) is 12.2 Å². The maximum atomic E-state index is 12.7. The maximum Gasteiger partial charge on any atom is 0.416 e. The second-order valence-corrected chi connectivity index (χ2v) is 7.00. The average Bonchev–Trinajstić information content (AvgIpc) is 2.72. The second-order valence-electron chi connectivity index (χ2n) is 7.00. The van der Waals surface area contributed by atoms with Gasteiger partial charge in [-0.15, -0.1) is 0 Å². The number of hydrogen-bond donors (Lipinski definition) is 4. The molecule has 1 aromatic heterocycles. The van der Waals surface area contributed by atoms with Crippen LogP contribution in [0.15, 0.2) is 30.5 Å². The zero-order valence-corrected chi connectivity index (χ0v) is 16.3. The lowest BCUT2D eigenvalue weighted by molar-refractivity contribution is -0.137. The van der Waals surface area contributed by atoms with Gasteiger partial charge >= 0.3 is 18.2 Å². The predicted octanol–water partition coefficient (Wildman–Crippen LogP) is 3.72. The van der Waals surface area contributed by atoms with Gasteiger partial charge in [-0.3, -0.25) is 5.32 Å². The summed E-state index contributed by atoms with van der Waals surface area (Å²) >= 11 is 0. The molecule has 1 aliphatic carbocycles. The van der Waals surface area contributed by atoms with E-state index in [1.54, 1.807) is 0 Å². The van der Waals surface area contributed by atoms with E-state index >= 15 is 0 Å². The van der Waals surface area contributed by atoms with Gasteiger partial charge in [0.1, 0.15) is 11.4 Å². The van der Waals surface area contributed by atoms with E-state index in [-0.39, 0.29) is 29.1 Å². The van der Waals surface area contributed by atoms with Crippen LogP contribution < -0.4 is 21.8 Å². The van der Waals surface area contributed by atoms with Gasteiger partial charge in [0.15, 0.2) is 0 Å². The molecule has 0 saturated heterocycles. The number of nitrogens with two attached hydrogens (primary N) is 1. The molecule has 31 heavy (non-hydrogen) atoms. The summed E-state index contributed by atoms with van der Waals surface area (Å²) in [6.45, 7) is 0. The summed E-state index contributed by atoms with van der Waals surface area (Å²) in [7, 11) is 0. The molecule has 0 spiro atoms. The number of carbonyl (C=O) groups is 2. The van der Waals surface area contributed by atoms with Gasteiger partial charge in [0.2, 0.25) is 5.95 Å². The van der Waals surface area contributed by atoms with Crippen molar-refractivity contribution in [2.45, 2.75) is 44.3 Å². The van der Waals surface area contributed by atoms with Crippen molar-refractivity contribution in [2.75, 3.05) is 16.5 Å². The highest BCUT2D eigenvalue weighted by atomic mass is 19.4. The predicted molar refractivity (Wildman–Crippen MR) is 106 cm³/mol. The van der Waals surface area contributed by atoms with Gasteiger partial charge in [-0.2, -0.15) is 18.2 Å². The van der Waals surface area contributed by atoms with Crippen molar-refractivity contribution in [3.63, 3.8) is 0 Å². The lowest BCUT2D eigenvalue weighted by atomic mass is 9.96. The zero-order chi connectivity index (χ0) is 22.4. The number of hydrogen-bond acceptors (Lipinski definition) is 7. The van der Waals surface area contributed by atoms with Gasteiger partial charge in [-0.25, -0.2) is 20.1 Å². The van der Waals surface area contributed by atoms with Gasteiger partial charge in [-0.1, -0.05) is 25.3 Å². The third-order valence-electron chi connectivity index (χ3n) is 4.66. The molecule has 2 amide bonds. The molecule has 0 aliphatic heterocycles. The molecule has 1 aliphatic rings. The van der Waals surface area contributed by atoms with E-state index in [1.807, 2.05) is 0 Å². The average molecular weight is 438 g/mol. The summed E-state index contributed by atoms with van der Waals surface area (Å²) in [5, 5.41) is 5.27. The molecule has 5 N–H and O–H groups in total. The van der Waals surface area contributed by atoms with Crippen molar-refractivity contribution in [1.82, 2.24) is 15.3 Å². The molecule has 0 atom stereocenters. The molecular formula is C19H21F3N6O3. The number of nitrogens with zero attached hydrogens (tertiary/aromatic N) is 2. The highest BCUT2D eigenvalue weighted by Crippen LogP contribution is 2.30. The molecule has 1 aromatic carbocycles. The lowest BCUT2D eigenvalue weighted by Gasteiger charge is -2.22. The van der Waals surface area contributed by atoms with Crippen LogP contribution in [0.1, 0.15) is 48.0 Å². The molecule has 166 valence electrons. The summed E-state index contributed by atoms with van der Waals surface area (Å²) < 4.78 is 38.2. The van der Waals surface area contributed by atoms with Crippen molar-refractivity contribution in [1.29, 1.82) is 0 Å². The molecule has 1 heterocycles. The van der Waals surface area contributed by atoms with Crippen LogP contribution in [0, 0.1) is 0 Å². The second kappa shape index (κ2) is 9.49. The molecule has 0 radical (unpaired) electrons. The minimum atomic E-state index is -4.54. The van der Waals surface area contributed by atoms with Crippen LogP contribution in [0.4, 0.5) is 35.4 Å². The molecule has 2 aromatic rings. The minimum absolute atomic E-state index is 0.0830. The Bertz CT molecular complexity index is 948. The Morgan fingerprint density at radius 1 is 1.16 bits per heavy atom.